The highest BCUT2D eigenvalue weighted by molar-refractivity contribution is 5.96. The summed E-state index contributed by atoms with van der Waals surface area (Å²) in [5.41, 5.74) is 6.28. The minimum Gasteiger partial charge on any atom is -0.458 e. The van der Waals surface area contributed by atoms with Crippen LogP contribution in [-0.4, -0.2) is 23.9 Å². The van der Waals surface area contributed by atoms with Crippen molar-refractivity contribution in [2.24, 2.45) is 11.7 Å². The molecule has 0 aliphatic rings. The Kier molecular flexibility index (Phi) is 8.69. The van der Waals surface area contributed by atoms with Crippen LogP contribution in [0.4, 0.5) is 13.2 Å². The van der Waals surface area contributed by atoms with E-state index in [1.807, 2.05) is 36.4 Å². The Morgan fingerprint density at radius 2 is 1.80 bits per heavy atom. The third kappa shape index (κ3) is 6.20. The van der Waals surface area contributed by atoms with Crippen molar-refractivity contribution in [2.45, 2.75) is 45.8 Å². The predicted molar refractivity (Wildman–Crippen MR) is 147 cm³/mol. The van der Waals surface area contributed by atoms with Crippen molar-refractivity contribution in [2.75, 3.05) is 13.1 Å². The van der Waals surface area contributed by atoms with Crippen molar-refractivity contribution in [3.8, 4) is 6.07 Å². The SMILES string of the molecule is Cc1cc(C(=O)N(CCCN)C(c2oc3cc(C#N)ccc3c(=O)c2Cc2ccccc2)C(C)C)c(C(F)(F)F)o1. The van der Waals surface area contributed by atoms with Gasteiger partial charge in [-0.25, -0.2) is 0 Å². The molecule has 2 N–H and O–H groups in total. The number of aryl methyl sites for hydroxylation is 1. The van der Waals surface area contributed by atoms with Crippen LogP contribution in [0.2, 0.25) is 0 Å². The van der Waals surface area contributed by atoms with Gasteiger partial charge in [0.1, 0.15) is 17.1 Å². The highest BCUT2D eigenvalue weighted by Crippen LogP contribution is 2.38. The number of alkyl halides is 3. The van der Waals surface area contributed by atoms with Gasteiger partial charge in [-0.15, -0.1) is 0 Å². The number of furan rings is 1. The Hall–Kier alpha value is -4.36. The van der Waals surface area contributed by atoms with Gasteiger partial charge in [0.05, 0.1) is 28.6 Å². The van der Waals surface area contributed by atoms with E-state index >= 15 is 0 Å². The van der Waals surface area contributed by atoms with Crippen LogP contribution in [0, 0.1) is 24.2 Å². The molecule has 0 saturated heterocycles. The maximum atomic E-state index is 13.9. The van der Waals surface area contributed by atoms with Crippen molar-refractivity contribution in [3.63, 3.8) is 0 Å². The molecule has 0 spiro atoms. The molecule has 41 heavy (non-hydrogen) atoms. The van der Waals surface area contributed by atoms with Crippen LogP contribution in [-0.2, 0) is 12.6 Å². The largest absolute Gasteiger partial charge is 0.458 e. The molecule has 2 aromatic heterocycles. The second-order valence-corrected chi connectivity index (χ2v) is 10.2. The van der Waals surface area contributed by atoms with Gasteiger partial charge in [0.15, 0.2) is 5.43 Å². The summed E-state index contributed by atoms with van der Waals surface area (Å²) in [6.07, 6.45) is -4.44. The van der Waals surface area contributed by atoms with Crippen LogP contribution >= 0.6 is 0 Å². The molecular weight excluding hydrogens is 535 g/mol. The van der Waals surface area contributed by atoms with Gasteiger partial charge in [0, 0.05) is 18.5 Å². The summed E-state index contributed by atoms with van der Waals surface area (Å²) in [6.45, 7) is 5.10. The van der Waals surface area contributed by atoms with Crippen LogP contribution < -0.4 is 11.2 Å². The average molecular weight is 566 g/mol. The lowest BCUT2D eigenvalue weighted by molar-refractivity contribution is -0.153. The van der Waals surface area contributed by atoms with E-state index in [0.29, 0.717) is 0 Å². The summed E-state index contributed by atoms with van der Waals surface area (Å²) < 4.78 is 52.8. The lowest BCUT2D eigenvalue weighted by Gasteiger charge is -2.35. The summed E-state index contributed by atoms with van der Waals surface area (Å²) in [5, 5.41) is 9.68. The van der Waals surface area contributed by atoms with Gasteiger partial charge in [-0.05, 0) is 55.6 Å². The number of carbonyl (C=O) groups excluding carboxylic acids is 1. The molecule has 0 fully saturated rings. The Morgan fingerprint density at radius 3 is 2.41 bits per heavy atom. The normalized spacial score (nSPS) is 12.5. The van der Waals surface area contributed by atoms with Gasteiger partial charge in [-0.3, -0.25) is 9.59 Å². The van der Waals surface area contributed by atoms with Gasteiger partial charge < -0.3 is 19.5 Å². The standard InChI is InChI=1S/C31H30F3N3O4/c1-18(2)26(37(13-7-12-35)30(39)24-14-19(3)40-29(24)31(32,33)34)28-23(15-20-8-5-4-6-9-20)27(38)22-11-10-21(17-36)16-25(22)41-28/h4-6,8-11,14,16,18,26H,7,12-13,15,35H2,1-3H3. The first-order valence-corrected chi connectivity index (χ1v) is 13.2. The van der Waals surface area contributed by atoms with E-state index < -0.39 is 35.4 Å². The van der Waals surface area contributed by atoms with E-state index in [4.69, 9.17) is 14.6 Å². The molecule has 1 unspecified atom stereocenters. The fourth-order valence-corrected chi connectivity index (χ4v) is 5.00. The molecule has 2 heterocycles. The van der Waals surface area contributed by atoms with Gasteiger partial charge >= 0.3 is 6.18 Å². The number of amides is 1. The summed E-state index contributed by atoms with van der Waals surface area (Å²) >= 11 is 0. The third-order valence-electron chi connectivity index (χ3n) is 6.81. The van der Waals surface area contributed by atoms with E-state index in [1.54, 1.807) is 13.8 Å². The molecule has 1 amide bonds. The van der Waals surface area contributed by atoms with E-state index in [-0.39, 0.29) is 65.0 Å². The minimum atomic E-state index is -4.90. The van der Waals surface area contributed by atoms with E-state index in [9.17, 15) is 28.0 Å². The molecule has 2 aromatic carbocycles. The second kappa shape index (κ2) is 12.0. The van der Waals surface area contributed by atoms with Gasteiger partial charge in [-0.2, -0.15) is 18.4 Å². The molecule has 0 aliphatic heterocycles. The maximum Gasteiger partial charge on any atom is 0.450 e. The fraction of sp³-hybridized carbons (Fsp3) is 0.323. The van der Waals surface area contributed by atoms with Crippen LogP contribution in [0.15, 0.2) is 68.2 Å². The number of fused-ring (bicyclic) bond motifs is 1. The Balaban J connectivity index is 1.98. The van der Waals surface area contributed by atoms with Crippen LogP contribution in [0.5, 0.6) is 0 Å². The molecule has 1 atom stereocenters. The number of benzene rings is 2. The van der Waals surface area contributed by atoms with Crippen molar-refractivity contribution in [3.05, 3.63) is 104 Å². The zero-order chi connectivity index (χ0) is 29.9. The molecule has 214 valence electrons. The Labute approximate surface area is 235 Å². The Bertz CT molecular complexity index is 1650. The number of rotatable bonds is 9. The molecule has 7 nitrogen and oxygen atoms in total. The summed E-state index contributed by atoms with van der Waals surface area (Å²) in [7, 11) is 0. The minimum absolute atomic E-state index is 0.00443. The number of hydrogen-bond donors (Lipinski definition) is 1. The van der Waals surface area contributed by atoms with Gasteiger partial charge in [-0.1, -0.05) is 44.2 Å². The average Bonchev–Trinajstić information content (AvgIpc) is 3.34. The maximum absolute atomic E-state index is 13.9. The summed E-state index contributed by atoms with van der Waals surface area (Å²) in [6, 6.07) is 15.8. The lowest BCUT2D eigenvalue weighted by Crippen LogP contribution is -2.40. The predicted octanol–water partition coefficient (Wildman–Crippen LogP) is 6.36. The number of nitrogens with two attached hydrogens (primary N) is 1. The molecular formula is C31H30F3N3O4. The number of hydrogen-bond acceptors (Lipinski definition) is 6. The highest BCUT2D eigenvalue weighted by atomic mass is 19.4. The van der Waals surface area contributed by atoms with Crippen LogP contribution in [0.1, 0.15) is 70.6 Å². The van der Waals surface area contributed by atoms with Crippen molar-refractivity contribution < 1.29 is 26.8 Å². The first kappa shape index (κ1) is 29.6. The quantitative estimate of drug-likeness (QED) is 0.253. The number of carbonyl (C=O) groups is 1. The number of halogens is 3. The third-order valence-corrected chi connectivity index (χ3v) is 6.81. The molecule has 0 saturated carbocycles. The molecule has 10 heteroatoms. The highest BCUT2D eigenvalue weighted by Gasteiger charge is 2.43. The smallest absolute Gasteiger partial charge is 0.450 e. The van der Waals surface area contributed by atoms with Crippen LogP contribution in [0.3, 0.4) is 0 Å². The topological polar surface area (TPSA) is 113 Å². The first-order valence-electron chi connectivity index (χ1n) is 13.2. The zero-order valence-electron chi connectivity index (χ0n) is 22.9. The zero-order valence-corrected chi connectivity index (χ0v) is 22.9. The van der Waals surface area contributed by atoms with Crippen molar-refractivity contribution in [1.29, 1.82) is 5.26 Å². The van der Waals surface area contributed by atoms with E-state index in [1.165, 1.54) is 30.0 Å². The molecule has 4 rings (SSSR count). The molecule has 4 aromatic rings. The van der Waals surface area contributed by atoms with E-state index in [0.717, 1.165) is 11.6 Å². The lowest BCUT2D eigenvalue weighted by atomic mass is 9.91. The first-order chi connectivity index (χ1) is 19.5. The van der Waals surface area contributed by atoms with Gasteiger partial charge in [0.25, 0.3) is 5.91 Å². The molecule has 0 bridgehead atoms. The summed E-state index contributed by atoms with van der Waals surface area (Å²) in [4.78, 5) is 29.1. The Morgan fingerprint density at radius 1 is 1.10 bits per heavy atom. The number of nitrogens with zero attached hydrogens (tertiary/aromatic N) is 2. The van der Waals surface area contributed by atoms with Crippen LogP contribution in [0.25, 0.3) is 11.0 Å². The number of nitriles is 1. The summed E-state index contributed by atoms with van der Waals surface area (Å²) in [5.74, 6) is -2.61. The van der Waals surface area contributed by atoms with Crippen molar-refractivity contribution in [1.82, 2.24) is 4.90 Å². The monoisotopic (exact) mass is 565 g/mol. The second-order valence-electron chi connectivity index (χ2n) is 10.2. The fourth-order valence-electron chi connectivity index (χ4n) is 5.00. The molecule has 0 aliphatic carbocycles. The van der Waals surface area contributed by atoms with Gasteiger partial charge in [0.2, 0.25) is 5.76 Å². The van der Waals surface area contributed by atoms with E-state index in [2.05, 4.69) is 0 Å². The van der Waals surface area contributed by atoms with Crippen molar-refractivity contribution >= 4 is 16.9 Å². The molecule has 0 radical (unpaired) electrons.